The molecule has 1 saturated heterocycles. The van der Waals surface area contributed by atoms with Gasteiger partial charge in [0.15, 0.2) is 0 Å². The SMILES string of the molecule is CC(C)CNC(=O)c1nc(-c2ccnc(N3CCC(C)CC3)c2)no1. The van der Waals surface area contributed by atoms with Crippen LogP contribution in [0.4, 0.5) is 5.82 Å². The van der Waals surface area contributed by atoms with Crippen LogP contribution in [0.3, 0.4) is 0 Å². The van der Waals surface area contributed by atoms with Gasteiger partial charge in [-0.15, -0.1) is 0 Å². The van der Waals surface area contributed by atoms with E-state index in [0.29, 0.717) is 18.3 Å². The van der Waals surface area contributed by atoms with Crippen molar-refractivity contribution in [1.29, 1.82) is 0 Å². The third-order valence-electron chi connectivity index (χ3n) is 4.40. The van der Waals surface area contributed by atoms with Gasteiger partial charge in [-0.05, 0) is 36.8 Å². The van der Waals surface area contributed by atoms with Crippen LogP contribution in [0.25, 0.3) is 11.4 Å². The number of piperidine rings is 1. The molecular formula is C18H25N5O2. The molecule has 2 aromatic heterocycles. The highest BCUT2D eigenvalue weighted by atomic mass is 16.5. The summed E-state index contributed by atoms with van der Waals surface area (Å²) in [6, 6.07) is 3.79. The summed E-state index contributed by atoms with van der Waals surface area (Å²) in [7, 11) is 0. The number of aromatic nitrogens is 3. The van der Waals surface area contributed by atoms with Crippen LogP contribution in [0.15, 0.2) is 22.9 Å². The fraction of sp³-hybridized carbons (Fsp3) is 0.556. The van der Waals surface area contributed by atoms with Gasteiger partial charge in [0.2, 0.25) is 5.82 Å². The van der Waals surface area contributed by atoms with Crippen LogP contribution in [-0.4, -0.2) is 40.7 Å². The summed E-state index contributed by atoms with van der Waals surface area (Å²) >= 11 is 0. The van der Waals surface area contributed by atoms with E-state index in [1.165, 1.54) is 12.8 Å². The zero-order valence-electron chi connectivity index (χ0n) is 15.0. The van der Waals surface area contributed by atoms with Crippen molar-refractivity contribution in [3.63, 3.8) is 0 Å². The van der Waals surface area contributed by atoms with Crippen molar-refractivity contribution in [2.45, 2.75) is 33.6 Å². The van der Waals surface area contributed by atoms with Crippen molar-refractivity contribution >= 4 is 11.7 Å². The topological polar surface area (TPSA) is 84.2 Å². The molecule has 0 spiro atoms. The van der Waals surface area contributed by atoms with Gasteiger partial charge in [0.1, 0.15) is 5.82 Å². The molecule has 0 unspecified atom stereocenters. The van der Waals surface area contributed by atoms with Crippen LogP contribution >= 0.6 is 0 Å². The summed E-state index contributed by atoms with van der Waals surface area (Å²) in [6.45, 7) is 8.92. The van der Waals surface area contributed by atoms with E-state index in [1.807, 2.05) is 26.0 Å². The van der Waals surface area contributed by atoms with Gasteiger partial charge in [0, 0.05) is 31.4 Å². The Morgan fingerprint density at radius 3 is 2.88 bits per heavy atom. The number of rotatable bonds is 5. The summed E-state index contributed by atoms with van der Waals surface area (Å²) in [5.74, 6) is 2.10. The van der Waals surface area contributed by atoms with Gasteiger partial charge in [-0.3, -0.25) is 4.79 Å². The fourth-order valence-corrected chi connectivity index (χ4v) is 2.77. The molecule has 3 heterocycles. The average molecular weight is 343 g/mol. The molecule has 0 atom stereocenters. The minimum absolute atomic E-state index is 0.0131. The molecule has 1 fully saturated rings. The average Bonchev–Trinajstić information content (AvgIpc) is 3.10. The quantitative estimate of drug-likeness (QED) is 0.898. The number of amides is 1. The summed E-state index contributed by atoms with van der Waals surface area (Å²) in [5, 5.41) is 6.71. The summed E-state index contributed by atoms with van der Waals surface area (Å²) in [4.78, 5) is 23.0. The molecule has 7 nitrogen and oxygen atoms in total. The van der Waals surface area contributed by atoms with E-state index in [4.69, 9.17) is 4.52 Å². The molecule has 1 N–H and O–H groups in total. The molecule has 3 rings (SSSR count). The Morgan fingerprint density at radius 1 is 1.40 bits per heavy atom. The van der Waals surface area contributed by atoms with Gasteiger partial charge >= 0.3 is 11.8 Å². The van der Waals surface area contributed by atoms with Crippen molar-refractivity contribution in [2.24, 2.45) is 11.8 Å². The van der Waals surface area contributed by atoms with E-state index in [-0.39, 0.29) is 11.8 Å². The molecule has 134 valence electrons. The smallest absolute Gasteiger partial charge is 0.316 e. The van der Waals surface area contributed by atoms with E-state index >= 15 is 0 Å². The second-order valence-corrected chi connectivity index (χ2v) is 7.10. The third kappa shape index (κ3) is 4.35. The Labute approximate surface area is 147 Å². The van der Waals surface area contributed by atoms with Crippen molar-refractivity contribution in [2.75, 3.05) is 24.5 Å². The van der Waals surface area contributed by atoms with Crippen molar-refractivity contribution in [3.8, 4) is 11.4 Å². The predicted molar refractivity (Wildman–Crippen MR) is 95.3 cm³/mol. The first-order valence-electron chi connectivity index (χ1n) is 8.86. The van der Waals surface area contributed by atoms with Gasteiger partial charge in [-0.2, -0.15) is 4.98 Å². The highest BCUT2D eigenvalue weighted by Crippen LogP contribution is 2.24. The Hall–Kier alpha value is -2.44. The number of nitrogens with one attached hydrogen (secondary N) is 1. The maximum Gasteiger partial charge on any atom is 0.316 e. The van der Waals surface area contributed by atoms with Gasteiger partial charge < -0.3 is 14.7 Å². The van der Waals surface area contributed by atoms with Crippen molar-refractivity contribution in [1.82, 2.24) is 20.4 Å². The number of carbonyl (C=O) groups excluding carboxylic acids is 1. The summed E-state index contributed by atoms with van der Waals surface area (Å²) in [6.07, 6.45) is 4.10. The molecule has 25 heavy (non-hydrogen) atoms. The molecule has 1 aliphatic heterocycles. The molecule has 2 aromatic rings. The second kappa shape index (κ2) is 7.63. The van der Waals surface area contributed by atoms with Crippen molar-refractivity contribution < 1.29 is 9.32 Å². The van der Waals surface area contributed by atoms with E-state index < -0.39 is 0 Å². The van der Waals surface area contributed by atoms with Gasteiger partial charge in [-0.25, -0.2) is 4.98 Å². The summed E-state index contributed by atoms with van der Waals surface area (Å²) in [5.41, 5.74) is 0.801. The number of hydrogen-bond donors (Lipinski definition) is 1. The number of carbonyl (C=O) groups is 1. The minimum Gasteiger partial charge on any atom is -0.357 e. The zero-order valence-corrected chi connectivity index (χ0v) is 15.0. The van der Waals surface area contributed by atoms with Gasteiger partial charge in [0.05, 0.1) is 0 Å². The van der Waals surface area contributed by atoms with Crippen molar-refractivity contribution in [3.05, 3.63) is 24.2 Å². The molecular weight excluding hydrogens is 318 g/mol. The standard InChI is InChI=1S/C18H25N5O2/c1-12(2)11-20-17(24)18-21-16(22-25-18)14-4-7-19-15(10-14)23-8-5-13(3)6-9-23/h4,7,10,12-13H,5-6,8-9,11H2,1-3H3,(H,20,24). The maximum atomic E-state index is 12.0. The molecule has 1 aliphatic rings. The zero-order chi connectivity index (χ0) is 17.8. The lowest BCUT2D eigenvalue weighted by molar-refractivity contribution is 0.0905. The number of pyridine rings is 1. The molecule has 0 bridgehead atoms. The Morgan fingerprint density at radius 2 is 2.16 bits per heavy atom. The highest BCUT2D eigenvalue weighted by molar-refractivity contribution is 5.89. The fourth-order valence-electron chi connectivity index (χ4n) is 2.77. The Balaban J connectivity index is 1.72. The lowest BCUT2D eigenvalue weighted by atomic mass is 9.99. The van der Waals surface area contributed by atoms with Crippen LogP contribution in [0.2, 0.25) is 0 Å². The largest absolute Gasteiger partial charge is 0.357 e. The Bertz CT molecular complexity index is 720. The Kier molecular flexibility index (Phi) is 5.31. The number of anilines is 1. The van der Waals surface area contributed by atoms with E-state index in [2.05, 4.69) is 32.3 Å². The molecule has 0 radical (unpaired) electrons. The van der Waals surface area contributed by atoms with Gasteiger partial charge in [0.25, 0.3) is 0 Å². The van der Waals surface area contributed by atoms with Crippen LogP contribution < -0.4 is 10.2 Å². The van der Waals surface area contributed by atoms with E-state index in [0.717, 1.165) is 30.4 Å². The molecule has 1 amide bonds. The monoisotopic (exact) mass is 343 g/mol. The maximum absolute atomic E-state index is 12.0. The molecule has 0 aliphatic carbocycles. The van der Waals surface area contributed by atoms with Crippen LogP contribution in [-0.2, 0) is 0 Å². The first kappa shape index (κ1) is 17.4. The lowest BCUT2D eigenvalue weighted by Gasteiger charge is -2.31. The normalized spacial score (nSPS) is 15.6. The molecule has 0 aromatic carbocycles. The van der Waals surface area contributed by atoms with E-state index in [1.54, 1.807) is 6.20 Å². The molecule has 7 heteroatoms. The first-order valence-corrected chi connectivity index (χ1v) is 8.86. The highest BCUT2D eigenvalue weighted by Gasteiger charge is 2.19. The lowest BCUT2D eigenvalue weighted by Crippen LogP contribution is -2.33. The third-order valence-corrected chi connectivity index (χ3v) is 4.40. The van der Waals surface area contributed by atoms with Crippen LogP contribution in [0, 0.1) is 11.8 Å². The van der Waals surface area contributed by atoms with Crippen LogP contribution in [0.1, 0.15) is 44.3 Å². The first-order chi connectivity index (χ1) is 12.0. The minimum atomic E-state index is -0.341. The predicted octanol–water partition coefficient (Wildman–Crippen LogP) is 2.75. The number of hydrogen-bond acceptors (Lipinski definition) is 6. The van der Waals surface area contributed by atoms with Gasteiger partial charge in [-0.1, -0.05) is 25.9 Å². The summed E-state index contributed by atoms with van der Waals surface area (Å²) < 4.78 is 5.11. The van der Waals surface area contributed by atoms with Crippen LogP contribution in [0.5, 0.6) is 0 Å². The number of nitrogens with zero attached hydrogens (tertiary/aromatic N) is 4. The molecule has 0 saturated carbocycles. The van der Waals surface area contributed by atoms with E-state index in [9.17, 15) is 4.79 Å². The second-order valence-electron chi connectivity index (χ2n) is 7.10.